The van der Waals surface area contributed by atoms with E-state index in [1.165, 1.54) is 0 Å². The van der Waals surface area contributed by atoms with E-state index in [1.807, 2.05) is 47.0 Å². The second-order valence-corrected chi connectivity index (χ2v) is 5.83. The maximum Gasteiger partial charge on any atom is 0.178 e. The fourth-order valence-corrected chi connectivity index (χ4v) is 3.38. The second-order valence-electron chi connectivity index (χ2n) is 4.63. The molecule has 0 amide bonds. The van der Waals surface area contributed by atoms with Gasteiger partial charge in [-0.05, 0) is 42.9 Å². The molecule has 1 aromatic heterocycles. The number of nitrogens with zero attached hydrogens (tertiary/aromatic N) is 1. The van der Waals surface area contributed by atoms with Gasteiger partial charge in [0.2, 0.25) is 0 Å². The molecule has 0 radical (unpaired) electrons. The van der Waals surface area contributed by atoms with Gasteiger partial charge in [0.05, 0.1) is 22.1 Å². The quantitative estimate of drug-likeness (QED) is 0.607. The van der Waals surface area contributed by atoms with Gasteiger partial charge in [0.15, 0.2) is 4.77 Å². The molecule has 0 aliphatic heterocycles. The Hall–Kier alpha value is -1.29. The zero-order valence-electron chi connectivity index (χ0n) is 10.7. The molecule has 102 valence electrons. The fourth-order valence-electron chi connectivity index (χ4n) is 2.46. The van der Waals surface area contributed by atoms with Gasteiger partial charge in [0.25, 0.3) is 0 Å². The van der Waals surface area contributed by atoms with Crippen molar-refractivity contribution in [2.45, 2.75) is 13.0 Å². The molecule has 0 aliphatic carbocycles. The van der Waals surface area contributed by atoms with Crippen LogP contribution in [0, 0.1) is 4.77 Å². The topological polar surface area (TPSA) is 20.7 Å². The number of halogens is 2. The monoisotopic (exact) mass is 322 g/mol. The summed E-state index contributed by atoms with van der Waals surface area (Å²) in [4.78, 5) is 3.19. The van der Waals surface area contributed by atoms with E-state index in [0.29, 0.717) is 9.79 Å². The Balaban J connectivity index is 2.27. The number of rotatable bonds is 2. The van der Waals surface area contributed by atoms with Crippen molar-refractivity contribution < 1.29 is 0 Å². The first-order valence-electron chi connectivity index (χ1n) is 6.22. The molecular weight excluding hydrogens is 311 g/mol. The summed E-state index contributed by atoms with van der Waals surface area (Å²) in [7, 11) is 0. The number of hydrogen-bond donors (Lipinski definition) is 1. The van der Waals surface area contributed by atoms with Crippen LogP contribution in [0.15, 0.2) is 42.5 Å². The fraction of sp³-hybridized carbons (Fsp3) is 0.133. The predicted octanol–water partition coefficient (Wildman–Crippen LogP) is 5.61. The zero-order chi connectivity index (χ0) is 14.3. The molecule has 2 nitrogen and oxygen atoms in total. The van der Waals surface area contributed by atoms with Crippen molar-refractivity contribution in [3.8, 4) is 0 Å². The second kappa shape index (κ2) is 5.24. The number of nitrogens with one attached hydrogen (secondary N) is 1. The van der Waals surface area contributed by atoms with Crippen LogP contribution < -0.4 is 0 Å². The first-order chi connectivity index (χ1) is 9.59. The van der Waals surface area contributed by atoms with Gasteiger partial charge in [-0.3, -0.25) is 0 Å². The van der Waals surface area contributed by atoms with E-state index >= 15 is 0 Å². The van der Waals surface area contributed by atoms with E-state index in [2.05, 4.69) is 11.9 Å². The highest BCUT2D eigenvalue weighted by Crippen LogP contribution is 2.31. The first kappa shape index (κ1) is 13.7. The molecule has 0 saturated heterocycles. The number of hydrogen-bond acceptors (Lipinski definition) is 1. The lowest BCUT2D eigenvalue weighted by atomic mass is 10.1. The van der Waals surface area contributed by atoms with E-state index in [4.69, 9.17) is 35.4 Å². The van der Waals surface area contributed by atoms with Gasteiger partial charge >= 0.3 is 0 Å². The Bertz CT molecular complexity index is 835. The molecule has 0 spiro atoms. The maximum absolute atomic E-state index is 6.33. The molecule has 0 aliphatic rings. The first-order valence-corrected chi connectivity index (χ1v) is 7.39. The van der Waals surface area contributed by atoms with Crippen LogP contribution in [0.3, 0.4) is 0 Å². The van der Waals surface area contributed by atoms with E-state index in [-0.39, 0.29) is 6.04 Å². The van der Waals surface area contributed by atoms with Gasteiger partial charge in [0, 0.05) is 5.02 Å². The molecule has 20 heavy (non-hydrogen) atoms. The van der Waals surface area contributed by atoms with Crippen molar-refractivity contribution in [3.05, 3.63) is 62.8 Å². The number of imidazole rings is 1. The Morgan fingerprint density at radius 1 is 1.05 bits per heavy atom. The van der Waals surface area contributed by atoms with Crippen LogP contribution >= 0.6 is 35.4 Å². The summed E-state index contributed by atoms with van der Waals surface area (Å²) in [6.45, 7) is 2.06. The normalized spacial score (nSPS) is 12.8. The smallest absolute Gasteiger partial charge is 0.178 e. The lowest BCUT2D eigenvalue weighted by Gasteiger charge is -2.17. The standard InChI is InChI=1S/C15H12Cl2N2S/c1-9(10-5-2-3-6-11(10)16)19-14-12(17)7-4-8-13(14)18-15(19)20/h2-9H,1H3,(H,18,20). The summed E-state index contributed by atoms with van der Waals surface area (Å²) in [5, 5.41) is 1.40. The van der Waals surface area contributed by atoms with Crippen molar-refractivity contribution in [2.75, 3.05) is 0 Å². The predicted molar refractivity (Wildman–Crippen MR) is 87.4 cm³/mol. The highest BCUT2D eigenvalue weighted by molar-refractivity contribution is 7.71. The summed E-state index contributed by atoms with van der Waals surface area (Å²) in [6.07, 6.45) is 0. The molecule has 1 N–H and O–H groups in total. The SMILES string of the molecule is CC(c1ccccc1Cl)n1c(=S)[nH]c2cccc(Cl)c21. The van der Waals surface area contributed by atoms with Gasteiger partial charge < -0.3 is 9.55 Å². The van der Waals surface area contributed by atoms with Crippen LogP contribution in [0.25, 0.3) is 11.0 Å². The van der Waals surface area contributed by atoms with Gasteiger partial charge in [0.1, 0.15) is 0 Å². The minimum atomic E-state index is 0.00449. The van der Waals surface area contributed by atoms with E-state index in [0.717, 1.165) is 21.6 Å². The van der Waals surface area contributed by atoms with Gasteiger partial charge in [-0.25, -0.2) is 0 Å². The maximum atomic E-state index is 6.33. The molecule has 5 heteroatoms. The van der Waals surface area contributed by atoms with Crippen molar-refractivity contribution >= 4 is 46.5 Å². The number of benzene rings is 2. The molecule has 0 saturated carbocycles. The number of H-pyrrole nitrogens is 1. The Labute approximate surface area is 132 Å². The van der Waals surface area contributed by atoms with E-state index < -0.39 is 0 Å². The molecule has 3 rings (SSSR count). The van der Waals surface area contributed by atoms with Crippen LogP contribution in [0.4, 0.5) is 0 Å². The lowest BCUT2D eigenvalue weighted by Crippen LogP contribution is -2.07. The Morgan fingerprint density at radius 2 is 1.75 bits per heavy atom. The highest BCUT2D eigenvalue weighted by atomic mass is 35.5. The summed E-state index contributed by atoms with van der Waals surface area (Å²) < 4.78 is 2.65. The molecule has 0 bridgehead atoms. The van der Waals surface area contributed by atoms with Crippen molar-refractivity contribution in [1.29, 1.82) is 0 Å². The number of para-hydroxylation sites is 1. The minimum Gasteiger partial charge on any atom is -0.331 e. The van der Waals surface area contributed by atoms with Gasteiger partial charge in [-0.1, -0.05) is 47.5 Å². The third-order valence-electron chi connectivity index (χ3n) is 3.43. The van der Waals surface area contributed by atoms with Gasteiger partial charge in [-0.2, -0.15) is 0 Å². The third-order valence-corrected chi connectivity index (χ3v) is 4.38. The molecule has 2 aromatic carbocycles. The highest BCUT2D eigenvalue weighted by Gasteiger charge is 2.16. The van der Waals surface area contributed by atoms with Crippen LogP contribution in [0.5, 0.6) is 0 Å². The summed E-state index contributed by atoms with van der Waals surface area (Å²) in [6, 6.07) is 13.5. The molecule has 1 unspecified atom stereocenters. The van der Waals surface area contributed by atoms with Crippen molar-refractivity contribution in [1.82, 2.24) is 9.55 Å². The average molecular weight is 323 g/mol. The molecule has 3 aromatic rings. The van der Waals surface area contributed by atoms with Crippen LogP contribution in [0.2, 0.25) is 10.0 Å². The lowest BCUT2D eigenvalue weighted by molar-refractivity contribution is 0.649. The molecule has 0 fully saturated rings. The minimum absolute atomic E-state index is 0.00449. The summed E-state index contributed by atoms with van der Waals surface area (Å²) in [5.41, 5.74) is 2.86. The van der Waals surface area contributed by atoms with E-state index in [1.54, 1.807) is 0 Å². The number of fused-ring (bicyclic) bond motifs is 1. The van der Waals surface area contributed by atoms with Crippen molar-refractivity contribution in [3.63, 3.8) is 0 Å². The summed E-state index contributed by atoms with van der Waals surface area (Å²) >= 11 is 18.1. The van der Waals surface area contributed by atoms with Crippen LogP contribution in [-0.2, 0) is 0 Å². The Morgan fingerprint density at radius 3 is 2.50 bits per heavy atom. The van der Waals surface area contributed by atoms with Gasteiger partial charge in [-0.15, -0.1) is 0 Å². The molecule has 1 atom stereocenters. The average Bonchev–Trinajstić information content (AvgIpc) is 2.76. The summed E-state index contributed by atoms with van der Waals surface area (Å²) in [5.74, 6) is 0. The van der Waals surface area contributed by atoms with Crippen LogP contribution in [0.1, 0.15) is 18.5 Å². The largest absolute Gasteiger partial charge is 0.331 e. The molecule has 1 heterocycles. The third kappa shape index (κ3) is 2.16. The zero-order valence-corrected chi connectivity index (χ0v) is 13.1. The number of aromatic amines is 1. The van der Waals surface area contributed by atoms with Crippen molar-refractivity contribution in [2.24, 2.45) is 0 Å². The van der Waals surface area contributed by atoms with E-state index in [9.17, 15) is 0 Å². The number of aromatic nitrogens is 2. The van der Waals surface area contributed by atoms with Crippen LogP contribution in [-0.4, -0.2) is 9.55 Å². The molecular formula is C15H12Cl2N2S. The Kier molecular flexibility index (Phi) is 3.59.